The van der Waals surface area contributed by atoms with Gasteiger partial charge in [-0.15, -0.1) is 0 Å². The molecule has 2 spiro atoms. The van der Waals surface area contributed by atoms with E-state index in [1.54, 1.807) is 29.4 Å². The van der Waals surface area contributed by atoms with Crippen LogP contribution in [0.4, 0.5) is 8.78 Å². The van der Waals surface area contributed by atoms with Gasteiger partial charge in [0.1, 0.15) is 17.7 Å². The van der Waals surface area contributed by atoms with Crippen molar-refractivity contribution in [3.63, 3.8) is 0 Å². The second-order valence-electron chi connectivity index (χ2n) is 18.4. The normalized spacial score (nSPS) is 43.1. The van der Waals surface area contributed by atoms with Crippen molar-refractivity contribution < 1.29 is 33.0 Å². The molecule has 276 valence electrons. The lowest BCUT2D eigenvalue weighted by atomic mass is 9.41. The summed E-state index contributed by atoms with van der Waals surface area (Å²) in [7, 11) is 0. The standard InChI is InChI=1S/C42H54F2N2O5/c1-24-17-30(22-46(25(2)47)21-26-18-28(43)20-29(44)19-26)50-35-34(24)39(5)13-14-42-23-41(42)12-9-33(51-37(49)27-10-15-45-16-11-27)38(3,4)31(41)7-8-32(42)40(39,6)36(35)48/h10-11,15-16,18-20,24,30-36,48H,7-9,12-14,17,21-23H2,1-6H3/t24-,30?,31+,32?,33+,34+,35?,36+,39-,40-,41?,42+/m1/s1. The van der Waals surface area contributed by atoms with Gasteiger partial charge in [0.25, 0.3) is 0 Å². The lowest BCUT2D eigenvalue weighted by Crippen LogP contribution is -2.60. The van der Waals surface area contributed by atoms with Crippen molar-refractivity contribution in [3.8, 4) is 0 Å². The van der Waals surface area contributed by atoms with Crippen LogP contribution in [0, 0.1) is 62.4 Å². The van der Waals surface area contributed by atoms with E-state index in [0.717, 1.165) is 51.0 Å². The predicted molar refractivity (Wildman–Crippen MR) is 187 cm³/mol. The van der Waals surface area contributed by atoms with Crippen LogP contribution < -0.4 is 0 Å². The van der Waals surface area contributed by atoms with Crippen LogP contribution in [0.3, 0.4) is 0 Å². The molecule has 12 atom stereocenters. The Morgan fingerprint density at radius 3 is 2.33 bits per heavy atom. The average molecular weight is 705 g/mol. The molecule has 8 rings (SSSR count). The van der Waals surface area contributed by atoms with Gasteiger partial charge in [-0.25, -0.2) is 13.6 Å². The third kappa shape index (κ3) is 4.95. The number of carbonyl (C=O) groups is 2. The number of ether oxygens (including phenoxy) is 2. The Morgan fingerprint density at radius 1 is 0.980 bits per heavy atom. The molecule has 1 aromatic carbocycles. The first-order valence-corrected chi connectivity index (χ1v) is 19.2. The molecule has 7 nitrogen and oxygen atoms in total. The number of carbonyl (C=O) groups excluding carboxylic acids is 2. The molecule has 2 heterocycles. The molecule has 9 heteroatoms. The fraction of sp³-hybridized carbons (Fsp3) is 0.690. The van der Waals surface area contributed by atoms with Crippen molar-refractivity contribution in [2.75, 3.05) is 6.54 Å². The van der Waals surface area contributed by atoms with Gasteiger partial charge in [-0.2, -0.15) is 0 Å². The van der Waals surface area contributed by atoms with Gasteiger partial charge >= 0.3 is 5.97 Å². The van der Waals surface area contributed by atoms with Crippen LogP contribution in [0.2, 0.25) is 0 Å². The number of pyridine rings is 1. The smallest absolute Gasteiger partial charge is 0.338 e. The Hall–Kier alpha value is -2.91. The molecule has 1 saturated heterocycles. The third-order valence-electron chi connectivity index (χ3n) is 16.1. The van der Waals surface area contributed by atoms with Crippen molar-refractivity contribution in [2.24, 2.45) is 50.7 Å². The fourth-order valence-electron chi connectivity index (χ4n) is 13.9. The lowest BCUT2D eigenvalue weighted by molar-refractivity contribution is -0.183. The maximum Gasteiger partial charge on any atom is 0.338 e. The number of nitrogens with zero attached hydrogens (tertiary/aromatic N) is 2. The predicted octanol–water partition coefficient (Wildman–Crippen LogP) is 7.75. The molecule has 2 aromatic rings. The number of benzene rings is 1. The SMILES string of the molecule is CC(=O)N(Cc1cc(F)cc(F)c1)CC1C[C@@H](C)[C@H]2C(O1)[C@H](O)[C@@]1(C)C3CC[C@H]4C(C)(C)[C@@H](OC(=O)c5ccncc5)CCC45C[C@@]35CC[C@]21C. The first kappa shape index (κ1) is 35.1. The molecule has 1 N–H and O–H groups in total. The lowest BCUT2D eigenvalue weighted by Gasteiger charge is -2.63. The molecule has 0 radical (unpaired) electrons. The minimum absolute atomic E-state index is 0.0956. The minimum Gasteiger partial charge on any atom is -0.458 e. The number of rotatable bonds is 6. The zero-order valence-electron chi connectivity index (χ0n) is 31.0. The van der Waals surface area contributed by atoms with E-state index in [1.807, 2.05) is 0 Å². The number of amides is 1. The Balaban J connectivity index is 1.02. The van der Waals surface area contributed by atoms with Crippen LogP contribution in [0.25, 0.3) is 0 Å². The van der Waals surface area contributed by atoms with Crippen molar-refractivity contribution in [1.82, 2.24) is 9.88 Å². The summed E-state index contributed by atoms with van der Waals surface area (Å²) in [4.78, 5) is 31.6. The van der Waals surface area contributed by atoms with E-state index < -0.39 is 17.7 Å². The van der Waals surface area contributed by atoms with Crippen LogP contribution >= 0.6 is 0 Å². The van der Waals surface area contributed by atoms with Gasteiger partial charge in [-0.3, -0.25) is 9.78 Å². The number of aliphatic hydroxyl groups is 1. The van der Waals surface area contributed by atoms with E-state index in [0.29, 0.717) is 29.5 Å². The van der Waals surface area contributed by atoms with Gasteiger partial charge in [-0.05, 0) is 121 Å². The molecule has 5 aliphatic carbocycles. The van der Waals surface area contributed by atoms with Gasteiger partial charge in [0.2, 0.25) is 5.91 Å². The summed E-state index contributed by atoms with van der Waals surface area (Å²) in [6.45, 7) is 13.6. The molecule has 4 unspecified atom stereocenters. The van der Waals surface area contributed by atoms with Crippen LogP contribution in [-0.4, -0.2) is 57.8 Å². The van der Waals surface area contributed by atoms with E-state index in [4.69, 9.17) is 9.47 Å². The third-order valence-corrected chi connectivity index (χ3v) is 16.1. The number of fused-ring (bicyclic) bond motifs is 4. The summed E-state index contributed by atoms with van der Waals surface area (Å²) in [5, 5.41) is 12.6. The molecule has 1 amide bonds. The Kier molecular flexibility index (Phi) is 8.13. The minimum atomic E-state index is -0.664. The van der Waals surface area contributed by atoms with Gasteiger partial charge in [0.05, 0.1) is 23.9 Å². The summed E-state index contributed by atoms with van der Waals surface area (Å²) in [5.41, 5.74) is 0.726. The van der Waals surface area contributed by atoms with Crippen LogP contribution in [-0.2, 0) is 20.8 Å². The summed E-state index contributed by atoms with van der Waals surface area (Å²) >= 11 is 0. The summed E-state index contributed by atoms with van der Waals surface area (Å²) < 4.78 is 41.1. The number of halogens is 2. The molecule has 1 aromatic heterocycles. The van der Waals surface area contributed by atoms with Gasteiger partial charge in [0, 0.05) is 49.3 Å². The second kappa shape index (κ2) is 11.8. The van der Waals surface area contributed by atoms with Gasteiger partial charge in [-0.1, -0.05) is 34.6 Å². The van der Waals surface area contributed by atoms with E-state index >= 15 is 0 Å². The highest BCUT2D eigenvalue weighted by molar-refractivity contribution is 5.89. The zero-order valence-corrected chi connectivity index (χ0v) is 31.0. The molecule has 51 heavy (non-hydrogen) atoms. The maximum absolute atomic E-state index is 14.0. The Bertz CT molecular complexity index is 1700. The number of aromatic nitrogens is 1. The Labute approximate surface area is 300 Å². The van der Waals surface area contributed by atoms with Crippen LogP contribution in [0.5, 0.6) is 0 Å². The Morgan fingerprint density at radius 2 is 1.65 bits per heavy atom. The maximum atomic E-state index is 14.0. The highest BCUT2D eigenvalue weighted by Crippen LogP contribution is 2.89. The van der Waals surface area contributed by atoms with Gasteiger partial charge < -0.3 is 19.5 Å². The summed E-state index contributed by atoms with van der Waals surface area (Å²) in [6.07, 6.45) is 10.0. The van der Waals surface area contributed by atoms with Crippen LogP contribution in [0.15, 0.2) is 42.7 Å². The van der Waals surface area contributed by atoms with Crippen molar-refractivity contribution in [3.05, 3.63) is 65.5 Å². The number of hydrogen-bond acceptors (Lipinski definition) is 6. The first-order valence-electron chi connectivity index (χ1n) is 19.2. The highest BCUT2D eigenvalue weighted by Gasteiger charge is 2.84. The van der Waals surface area contributed by atoms with E-state index in [9.17, 15) is 23.5 Å². The largest absolute Gasteiger partial charge is 0.458 e. The molecular formula is C42H54F2N2O5. The number of hydrogen-bond donors (Lipinski definition) is 1. The van der Waals surface area contributed by atoms with Crippen molar-refractivity contribution in [2.45, 2.75) is 124 Å². The van der Waals surface area contributed by atoms with Crippen molar-refractivity contribution >= 4 is 11.9 Å². The molecule has 5 saturated carbocycles. The van der Waals surface area contributed by atoms with E-state index in [2.05, 4.69) is 39.6 Å². The number of aliphatic hydroxyl groups excluding tert-OH is 1. The molecular weight excluding hydrogens is 650 g/mol. The molecule has 0 bridgehead atoms. The average Bonchev–Trinajstić information content (AvgIpc) is 3.70. The fourth-order valence-corrected chi connectivity index (χ4v) is 13.9. The topological polar surface area (TPSA) is 89.0 Å². The summed E-state index contributed by atoms with van der Waals surface area (Å²) in [6, 6.07) is 6.80. The van der Waals surface area contributed by atoms with Crippen LogP contribution in [0.1, 0.15) is 109 Å². The molecule has 6 fully saturated rings. The van der Waals surface area contributed by atoms with Crippen molar-refractivity contribution in [1.29, 1.82) is 0 Å². The molecule has 6 aliphatic rings. The number of esters is 1. The quantitative estimate of drug-likeness (QED) is 0.310. The molecule has 1 aliphatic heterocycles. The monoisotopic (exact) mass is 704 g/mol. The van der Waals surface area contributed by atoms with Gasteiger partial charge in [0.15, 0.2) is 0 Å². The first-order chi connectivity index (χ1) is 24.1. The zero-order chi connectivity index (χ0) is 36.3. The van der Waals surface area contributed by atoms with E-state index in [1.165, 1.54) is 25.5 Å². The summed E-state index contributed by atoms with van der Waals surface area (Å²) in [5.74, 6) is -0.490. The highest BCUT2D eigenvalue weighted by atomic mass is 19.1. The van der Waals surface area contributed by atoms with E-state index in [-0.39, 0.29) is 75.6 Å². The second-order valence-corrected chi connectivity index (χ2v) is 18.4.